The van der Waals surface area contributed by atoms with E-state index in [1.54, 1.807) is 59.1 Å². The van der Waals surface area contributed by atoms with Crippen molar-refractivity contribution in [1.82, 2.24) is 18.6 Å². The lowest BCUT2D eigenvalue weighted by Gasteiger charge is -2.33. The Hall–Kier alpha value is -4.66. The molecule has 0 amide bonds. The van der Waals surface area contributed by atoms with Gasteiger partial charge in [-0.25, -0.2) is 26.8 Å². The molecular weight excluding hydrogens is 854 g/mol. The minimum Gasteiger partial charge on any atom is -0.345 e. The van der Waals surface area contributed by atoms with Crippen LogP contribution in [-0.2, 0) is 32.9 Å². The van der Waals surface area contributed by atoms with Gasteiger partial charge in [-0.1, -0.05) is 83.9 Å². The summed E-state index contributed by atoms with van der Waals surface area (Å²) in [6, 6.07) is 29.6. The molecule has 6 aromatic rings. The van der Waals surface area contributed by atoms with E-state index in [-0.39, 0.29) is 20.4 Å². The van der Waals surface area contributed by atoms with E-state index < -0.39 is 20.0 Å². The number of thiazole rings is 2. The number of benzene rings is 4. The normalized spacial score (nSPS) is 15.3. The van der Waals surface area contributed by atoms with Gasteiger partial charge < -0.3 is 9.80 Å². The first-order valence-electron chi connectivity index (χ1n) is 19.6. The van der Waals surface area contributed by atoms with E-state index in [1.165, 1.54) is 48.6 Å². The molecule has 0 radical (unpaired) electrons. The third-order valence-corrected chi connectivity index (χ3v) is 16.9. The summed E-state index contributed by atoms with van der Waals surface area (Å²) < 4.78 is 54.8. The smallest absolute Gasteiger partial charge is 0.244 e. The molecule has 4 heterocycles. The minimum absolute atomic E-state index is 0.0790. The van der Waals surface area contributed by atoms with Crippen LogP contribution in [0.25, 0.3) is 0 Å². The van der Waals surface area contributed by atoms with E-state index in [2.05, 4.69) is 65.6 Å². The van der Waals surface area contributed by atoms with Crippen LogP contribution < -0.4 is 9.80 Å². The molecule has 0 saturated carbocycles. The summed E-state index contributed by atoms with van der Waals surface area (Å²) in [5, 5.41) is 15.5. The van der Waals surface area contributed by atoms with Crippen molar-refractivity contribution in [3.8, 4) is 6.07 Å². The van der Waals surface area contributed by atoms with Crippen molar-refractivity contribution in [3.05, 3.63) is 152 Å². The van der Waals surface area contributed by atoms with Gasteiger partial charge in [0.05, 0.1) is 26.9 Å². The van der Waals surface area contributed by atoms with Gasteiger partial charge >= 0.3 is 0 Å². The number of sulfonamides is 2. The van der Waals surface area contributed by atoms with Crippen LogP contribution in [0.2, 0.25) is 5.02 Å². The zero-order chi connectivity index (χ0) is 42.4. The summed E-state index contributed by atoms with van der Waals surface area (Å²) in [4.78, 5) is 14.1. The van der Waals surface area contributed by atoms with Crippen molar-refractivity contribution in [3.63, 3.8) is 0 Å². The molecule has 8 rings (SSSR count). The molecule has 2 aliphatic heterocycles. The van der Waals surface area contributed by atoms with Crippen LogP contribution in [-0.4, -0.2) is 87.8 Å². The van der Waals surface area contributed by atoms with Gasteiger partial charge in [0.15, 0.2) is 10.3 Å². The lowest BCUT2D eigenvalue weighted by molar-refractivity contribution is 0.384. The van der Waals surface area contributed by atoms with Gasteiger partial charge in [-0.2, -0.15) is 13.9 Å². The molecule has 0 atom stereocenters. The second kappa shape index (κ2) is 18.9. The molecule has 0 spiro atoms. The highest BCUT2D eigenvalue weighted by molar-refractivity contribution is 7.89. The molecule has 4 aromatic carbocycles. The first-order valence-corrected chi connectivity index (χ1v) is 24.6. The molecule has 2 aliphatic rings. The van der Waals surface area contributed by atoms with Crippen molar-refractivity contribution in [1.29, 1.82) is 5.26 Å². The average Bonchev–Trinajstić information content (AvgIpc) is 3.93. The third-order valence-electron chi connectivity index (χ3n) is 10.6. The van der Waals surface area contributed by atoms with Crippen molar-refractivity contribution in [2.24, 2.45) is 0 Å². The lowest BCUT2D eigenvalue weighted by atomic mass is 9.96. The number of hydrogen-bond acceptors (Lipinski definition) is 11. The van der Waals surface area contributed by atoms with E-state index in [4.69, 9.17) is 21.6 Å². The van der Waals surface area contributed by atoms with Crippen LogP contribution in [0, 0.1) is 32.1 Å². The number of anilines is 2. The molecular formula is C44H46ClN7O4S4. The summed E-state index contributed by atoms with van der Waals surface area (Å²) >= 11 is 9.34. The van der Waals surface area contributed by atoms with Gasteiger partial charge in [0.2, 0.25) is 20.0 Å². The fourth-order valence-electron chi connectivity index (χ4n) is 7.48. The maximum atomic E-state index is 13.0. The van der Waals surface area contributed by atoms with E-state index in [0.717, 1.165) is 34.5 Å². The van der Waals surface area contributed by atoms with Gasteiger partial charge in [-0.15, -0.1) is 22.7 Å². The van der Waals surface area contributed by atoms with E-state index in [9.17, 15) is 22.1 Å². The number of piperazine rings is 2. The Balaban J connectivity index is 0.000000182. The Morgan fingerprint density at radius 2 is 1.10 bits per heavy atom. The monoisotopic (exact) mass is 899 g/mol. The number of rotatable bonds is 10. The summed E-state index contributed by atoms with van der Waals surface area (Å²) in [5.74, 6) is 0. The molecule has 0 bridgehead atoms. The van der Waals surface area contributed by atoms with E-state index >= 15 is 0 Å². The quantitative estimate of drug-likeness (QED) is 0.135. The Morgan fingerprint density at radius 3 is 1.63 bits per heavy atom. The Bertz CT molecular complexity index is 2680. The minimum atomic E-state index is -3.68. The topological polar surface area (TPSA) is 131 Å². The van der Waals surface area contributed by atoms with Crippen molar-refractivity contribution < 1.29 is 16.8 Å². The van der Waals surface area contributed by atoms with Crippen LogP contribution >= 0.6 is 34.3 Å². The summed E-state index contributed by atoms with van der Waals surface area (Å²) in [7, 11) is -7.27. The fraction of sp³-hybridized carbons (Fsp3) is 0.295. The lowest BCUT2D eigenvalue weighted by Crippen LogP contribution is -2.48. The summed E-state index contributed by atoms with van der Waals surface area (Å²) in [6.07, 6.45) is 1.60. The molecule has 60 heavy (non-hydrogen) atoms. The first kappa shape index (κ1) is 43.4. The molecule has 16 heteroatoms. The largest absolute Gasteiger partial charge is 0.345 e. The van der Waals surface area contributed by atoms with Gasteiger partial charge in [-0.3, -0.25) is 0 Å². The van der Waals surface area contributed by atoms with Crippen LogP contribution in [0.15, 0.2) is 112 Å². The van der Waals surface area contributed by atoms with Gasteiger partial charge in [0.25, 0.3) is 0 Å². The number of hydrogen-bond donors (Lipinski definition) is 0. The van der Waals surface area contributed by atoms with Crippen LogP contribution in [0.4, 0.5) is 10.3 Å². The van der Waals surface area contributed by atoms with Crippen LogP contribution in [0.1, 0.15) is 44.8 Å². The Labute approximate surface area is 366 Å². The predicted molar refractivity (Wildman–Crippen MR) is 241 cm³/mol. The zero-order valence-electron chi connectivity index (χ0n) is 33.7. The first-order chi connectivity index (χ1) is 28.8. The highest BCUT2D eigenvalue weighted by Crippen LogP contribution is 2.30. The van der Waals surface area contributed by atoms with Crippen molar-refractivity contribution >= 4 is 64.6 Å². The third kappa shape index (κ3) is 9.92. The van der Waals surface area contributed by atoms with Gasteiger partial charge in [0, 0.05) is 76.0 Å². The number of nitriles is 1. The van der Waals surface area contributed by atoms with Crippen molar-refractivity contribution in [2.75, 3.05) is 62.2 Å². The maximum Gasteiger partial charge on any atom is 0.244 e. The summed E-state index contributed by atoms with van der Waals surface area (Å²) in [5.41, 5.74) is 8.68. The molecule has 0 N–H and O–H groups in total. The molecule has 11 nitrogen and oxygen atoms in total. The van der Waals surface area contributed by atoms with Gasteiger partial charge in [-0.05, 0) is 67.3 Å². The number of aromatic nitrogens is 2. The zero-order valence-corrected chi connectivity index (χ0v) is 37.7. The van der Waals surface area contributed by atoms with Gasteiger partial charge in [0.1, 0.15) is 11.0 Å². The number of halogens is 1. The Kier molecular flexibility index (Phi) is 13.7. The molecule has 2 fully saturated rings. The second-order valence-corrected chi connectivity index (χ2v) is 20.7. The van der Waals surface area contributed by atoms with E-state index in [0.29, 0.717) is 52.4 Å². The SMILES string of the molecule is Cc1cc(C)c(Cc2csc(N3CCN(S(=O)(=O)c4ccccc4Cl)CC3)n2)c(C)c1.N#Cc1ccccc1S(=O)(=O)N1CCN(c2nc(Cc3ccccc3)cs2)CC1. The Morgan fingerprint density at radius 1 is 0.633 bits per heavy atom. The van der Waals surface area contributed by atoms with Crippen molar-refractivity contribution in [2.45, 2.75) is 43.4 Å². The second-order valence-electron chi connectivity index (χ2n) is 14.8. The van der Waals surface area contributed by atoms with Crippen LogP contribution in [0.3, 0.4) is 0 Å². The highest BCUT2D eigenvalue weighted by Gasteiger charge is 2.32. The predicted octanol–water partition coefficient (Wildman–Crippen LogP) is 7.94. The standard InChI is InChI=1S/C23H26ClN3O2S2.C21H20N4O2S2/c1-16-12-17(2)20(18(3)13-16)14-19-15-30-23(25-19)26-8-10-27(11-9-26)31(28,29)22-7-5-4-6-21(22)24;22-15-18-8-4-5-9-20(18)29(26,27)25-12-10-24(11-13-25)21-23-19(16-28-21)14-17-6-2-1-3-7-17/h4-7,12-13,15H,8-11,14H2,1-3H3;1-9,16H,10-14H2. The van der Waals surface area contributed by atoms with Crippen LogP contribution in [0.5, 0.6) is 0 Å². The highest BCUT2D eigenvalue weighted by atomic mass is 35.5. The molecule has 0 aliphatic carbocycles. The number of nitrogens with zero attached hydrogens (tertiary/aromatic N) is 7. The molecule has 312 valence electrons. The fourth-order valence-corrected chi connectivity index (χ4v) is 12.7. The average molecular weight is 901 g/mol. The maximum absolute atomic E-state index is 13.0. The number of aryl methyl sites for hydroxylation is 3. The molecule has 0 unspecified atom stereocenters. The summed E-state index contributed by atoms with van der Waals surface area (Å²) in [6.45, 7) is 10.4. The van der Waals surface area contributed by atoms with E-state index in [1.807, 2.05) is 24.3 Å². The molecule has 2 saturated heterocycles. The molecule has 2 aromatic heterocycles.